The van der Waals surface area contributed by atoms with Crippen molar-refractivity contribution in [1.82, 2.24) is 19.9 Å². The molecule has 4 rings (SSSR count). The maximum absolute atomic E-state index is 5.54. The van der Waals surface area contributed by atoms with Crippen LogP contribution in [0.25, 0.3) is 0 Å². The maximum atomic E-state index is 5.54. The van der Waals surface area contributed by atoms with Gasteiger partial charge in [0.2, 0.25) is 5.89 Å². The summed E-state index contributed by atoms with van der Waals surface area (Å²) >= 11 is 0. The third kappa shape index (κ3) is 2.66. The van der Waals surface area contributed by atoms with Crippen LogP contribution in [0.4, 0.5) is 0 Å². The van der Waals surface area contributed by atoms with Crippen molar-refractivity contribution < 1.29 is 4.52 Å². The summed E-state index contributed by atoms with van der Waals surface area (Å²) in [6.45, 7) is 8.48. The van der Waals surface area contributed by atoms with Gasteiger partial charge in [0.15, 0.2) is 5.82 Å². The first kappa shape index (κ1) is 13.0. The molecule has 0 aliphatic carbocycles. The van der Waals surface area contributed by atoms with Gasteiger partial charge in [0.05, 0.1) is 6.04 Å². The number of hydrogen-bond donors (Lipinski definition) is 1. The Morgan fingerprint density at radius 3 is 2.79 bits per heavy atom. The molecule has 0 spiro atoms. The summed E-state index contributed by atoms with van der Waals surface area (Å²) in [5, 5.41) is 4.20. The lowest BCUT2D eigenvalue weighted by atomic mass is 10.1. The fraction of sp³-hybridized carbons (Fsp3) is 0.846. The highest BCUT2D eigenvalue weighted by atomic mass is 16.5. The molecule has 0 saturated carbocycles. The maximum Gasteiger partial charge on any atom is 0.229 e. The number of nitrogens with two attached hydrogens (primary N) is 1. The van der Waals surface area contributed by atoms with Gasteiger partial charge in [0.1, 0.15) is 0 Å². The summed E-state index contributed by atoms with van der Waals surface area (Å²) in [5.74, 6) is 1.93. The Hall–Kier alpha value is -0.980. The highest BCUT2D eigenvalue weighted by Crippen LogP contribution is 2.28. The minimum Gasteiger partial charge on any atom is -0.339 e. The molecule has 2 N–H and O–H groups in total. The standard InChI is InChI=1S/C13H23N5O/c1-10(3-2-4-14)13-15-12(16-19-13)11-9-17-5-7-18(11)8-6-17/h10-11H,2-9,14H2,1H3. The number of rotatable bonds is 5. The van der Waals surface area contributed by atoms with E-state index in [1.54, 1.807) is 0 Å². The SMILES string of the molecule is CC(CCCN)c1nc(C2CN3CCN2CC3)no1. The minimum absolute atomic E-state index is 0.306. The van der Waals surface area contributed by atoms with E-state index in [0.29, 0.717) is 12.0 Å². The largest absolute Gasteiger partial charge is 0.339 e. The monoisotopic (exact) mass is 265 g/mol. The Balaban J connectivity index is 1.67. The zero-order chi connectivity index (χ0) is 13.2. The van der Waals surface area contributed by atoms with Gasteiger partial charge in [-0.25, -0.2) is 0 Å². The summed E-state index contributed by atoms with van der Waals surface area (Å²) in [6.07, 6.45) is 2.01. The van der Waals surface area contributed by atoms with E-state index >= 15 is 0 Å². The Morgan fingerprint density at radius 1 is 1.37 bits per heavy atom. The van der Waals surface area contributed by atoms with Crippen LogP contribution >= 0.6 is 0 Å². The van der Waals surface area contributed by atoms with E-state index in [-0.39, 0.29) is 0 Å². The molecule has 3 saturated heterocycles. The van der Waals surface area contributed by atoms with E-state index in [9.17, 15) is 0 Å². The lowest BCUT2D eigenvalue weighted by Crippen LogP contribution is -2.57. The molecule has 0 radical (unpaired) electrons. The third-order valence-electron chi connectivity index (χ3n) is 4.30. The zero-order valence-corrected chi connectivity index (χ0v) is 11.6. The molecule has 2 unspecified atom stereocenters. The molecule has 0 aromatic carbocycles. The van der Waals surface area contributed by atoms with Crippen LogP contribution in [0, 0.1) is 0 Å². The van der Waals surface area contributed by atoms with E-state index in [0.717, 1.165) is 50.7 Å². The van der Waals surface area contributed by atoms with Crippen molar-refractivity contribution >= 4 is 0 Å². The van der Waals surface area contributed by atoms with Gasteiger partial charge < -0.3 is 10.3 Å². The van der Waals surface area contributed by atoms with Crippen LogP contribution in [0.1, 0.15) is 43.4 Å². The molecule has 3 fully saturated rings. The van der Waals surface area contributed by atoms with Crippen LogP contribution in [0.15, 0.2) is 4.52 Å². The second-order valence-corrected chi connectivity index (χ2v) is 5.68. The van der Waals surface area contributed by atoms with E-state index in [1.165, 1.54) is 13.1 Å². The lowest BCUT2D eigenvalue weighted by molar-refractivity contribution is 0.00781. The van der Waals surface area contributed by atoms with Gasteiger partial charge in [-0.3, -0.25) is 9.80 Å². The first-order chi connectivity index (χ1) is 9.28. The molecular weight excluding hydrogens is 242 g/mol. The molecule has 1 aromatic rings. The summed E-state index contributed by atoms with van der Waals surface area (Å²) in [4.78, 5) is 9.57. The van der Waals surface area contributed by atoms with Crippen molar-refractivity contribution in [2.24, 2.45) is 5.73 Å². The van der Waals surface area contributed by atoms with Crippen LogP contribution in [0.5, 0.6) is 0 Å². The van der Waals surface area contributed by atoms with Crippen molar-refractivity contribution in [3.8, 4) is 0 Å². The summed E-state index contributed by atoms with van der Waals surface area (Å²) in [6, 6.07) is 0.321. The van der Waals surface area contributed by atoms with Gasteiger partial charge in [0.25, 0.3) is 0 Å². The van der Waals surface area contributed by atoms with Crippen molar-refractivity contribution in [2.45, 2.75) is 31.7 Å². The molecular formula is C13H23N5O. The van der Waals surface area contributed by atoms with Crippen LogP contribution in [0.3, 0.4) is 0 Å². The normalized spacial score (nSPS) is 31.6. The molecule has 2 bridgehead atoms. The first-order valence-electron chi connectivity index (χ1n) is 7.28. The minimum atomic E-state index is 0.306. The van der Waals surface area contributed by atoms with Gasteiger partial charge in [-0.15, -0.1) is 0 Å². The Bertz CT molecular complexity index is 413. The van der Waals surface area contributed by atoms with Gasteiger partial charge in [-0.1, -0.05) is 12.1 Å². The van der Waals surface area contributed by atoms with Crippen LogP contribution in [0.2, 0.25) is 0 Å². The number of nitrogens with zero attached hydrogens (tertiary/aromatic N) is 4. The number of aromatic nitrogens is 2. The summed E-state index contributed by atoms with van der Waals surface area (Å²) < 4.78 is 5.44. The molecule has 1 aromatic heterocycles. The van der Waals surface area contributed by atoms with E-state index in [4.69, 9.17) is 10.3 Å². The van der Waals surface area contributed by atoms with Gasteiger partial charge >= 0.3 is 0 Å². The molecule has 3 aliphatic rings. The third-order valence-corrected chi connectivity index (χ3v) is 4.30. The van der Waals surface area contributed by atoms with Crippen molar-refractivity contribution in [3.63, 3.8) is 0 Å². The predicted octanol–water partition coefficient (Wildman–Crippen LogP) is 0.584. The first-order valence-corrected chi connectivity index (χ1v) is 7.28. The van der Waals surface area contributed by atoms with Gasteiger partial charge in [-0.2, -0.15) is 4.98 Å². The second kappa shape index (κ2) is 5.56. The summed E-state index contributed by atoms with van der Waals surface area (Å²) in [7, 11) is 0. The number of fused-ring (bicyclic) bond motifs is 3. The predicted molar refractivity (Wildman–Crippen MR) is 71.8 cm³/mol. The van der Waals surface area contributed by atoms with Crippen molar-refractivity contribution in [1.29, 1.82) is 0 Å². The smallest absolute Gasteiger partial charge is 0.229 e. The highest BCUT2D eigenvalue weighted by molar-refractivity contribution is 5.03. The fourth-order valence-electron chi connectivity index (χ4n) is 2.99. The molecule has 19 heavy (non-hydrogen) atoms. The Labute approximate surface area is 113 Å². The fourth-order valence-corrected chi connectivity index (χ4v) is 2.99. The van der Waals surface area contributed by atoms with Crippen molar-refractivity contribution in [2.75, 3.05) is 39.3 Å². The Kier molecular flexibility index (Phi) is 3.81. The molecule has 2 atom stereocenters. The quantitative estimate of drug-likeness (QED) is 0.840. The molecule has 4 heterocycles. The molecule has 6 heteroatoms. The number of hydrogen-bond acceptors (Lipinski definition) is 6. The molecule has 106 valence electrons. The molecule has 6 nitrogen and oxygen atoms in total. The molecule has 0 amide bonds. The molecule has 3 aliphatic heterocycles. The van der Waals surface area contributed by atoms with E-state index in [1.807, 2.05) is 0 Å². The summed E-state index contributed by atoms with van der Waals surface area (Å²) in [5.41, 5.74) is 5.54. The van der Waals surface area contributed by atoms with E-state index in [2.05, 4.69) is 26.9 Å². The van der Waals surface area contributed by atoms with Gasteiger partial charge in [0, 0.05) is 38.6 Å². The zero-order valence-electron chi connectivity index (χ0n) is 11.6. The van der Waals surface area contributed by atoms with Crippen molar-refractivity contribution in [3.05, 3.63) is 11.7 Å². The topological polar surface area (TPSA) is 71.4 Å². The van der Waals surface area contributed by atoms with Gasteiger partial charge in [-0.05, 0) is 19.4 Å². The average Bonchev–Trinajstić information content (AvgIpc) is 2.95. The highest BCUT2D eigenvalue weighted by Gasteiger charge is 2.35. The van der Waals surface area contributed by atoms with Crippen LogP contribution in [-0.4, -0.2) is 59.2 Å². The number of piperazine rings is 3. The van der Waals surface area contributed by atoms with Crippen LogP contribution < -0.4 is 5.73 Å². The second-order valence-electron chi connectivity index (χ2n) is 5.68. The van der Waals surface area contributed by atoms with Crippen LogP contribution in [-0.2, 0) is 0 Å². The van der Waals surface area contributed by atoms with E-state index < -0.39 is 0 Å². The lowest BCUT2D eigenvalue weighted by Gasteiger charge is -2.46. The average molecular weight is 265 g/mol. The Morgan fingerprint density at radius 2 is 2.16 bits per heavy atom.